The van der Waals surface area contributed by atoms with E-state index in [4.69, 9.17) is 10.00 Å². The lowest BCUT2D eigenvalue weighted by Crippen LogP contribution is -2.34. The maximum absolute atomic E-state index is 9.91. The van der Waals surface area contributed by atoms with E-state index in [9.17, 15) is 5.11 Å². The van der Waals surface area contributed by atoms with E-state index in [1.54, 1.807) is 24.3 Å². The van der Waals surface area contributed by atoms with Crippen LogP contribution in [0.1, 0.15) is 18.4 Å². The molecule has 1 aliphatic rings. The largest absolute Gasteiger partial charge is 0.491 e. The van der Waals surface area contributed by atoms with Crippen LogP contribution in [0.5, 0.6) is 5.75 Å². The molecule has 1 aromatic carbocycles. The van der Waals surface area contributed by atoms with Gasteiger partial charge in [0.05, 0.1) is 11.6 Å². The van der Waals surface area contributed by atoms with Gasteiger partial charge in [-0.2, -0.15) is 5.26 Å². The Balaban J connectivity index is 1.72. The summed E-state index contributed by atoms with van der Waals surface area (Å²) in [7, 11) is 2.03. The number of aliphatic hydroxyl groups is 1. The lowest BCUT2D eigenvalue weighted by atomic mass is 10.2. The number of hydrogen-bond acceptors (Lipinski definition) is 4. The summed E-state index contributed by atoms with van der Waals surface area (Å²) >= 11 is 0. The number of aliphatic hydroxyl groups excluding tert-OH is 1. The molecule has 0 aliphatic heterocycles. The van der Waals surface area contributed by atoms with E-state index in [1.165, 1.54) is 12.8 Å². The van der Waals surface area contributed by atoms with E-state index in [1.807, 2.05) is 7.05 Å². The van der Waals surface area contributed by atoms with Crippen LogP contribution in [0.2, 0.25) is 0 Å². The fourth-order valence-electron chi connectivity index (χ4n) is 2.08. The minimum absolute atomic E-state index is 0.254. The van der Waals surface area contributed by atoms with E-state index < -0.39 is 6.10 Å². The molecule has 1 saturated carbocycles. The summed E-state index contributed by atoms with van der Waals surface area (Å²) < 4.78 is 5.50. The third-order valence-corrected chi connectivity index (χ3v) is 3.19. The highest BCUT2D eigenvalue weighted by Gasteiger charge is 2.23. The van der Waals surface area contributed by atoms with Crippen LogP contribution in [0.3, 0.4) is 0 Å². The number of likely N-dealkylation sites (N-methyl/N-ethyl adjacent to an activating group) is 1. The van der Waals surface area contributed by atoms with Crippen LogP contribution < -0.4 is 4.74 Å². The topological polar surface area (TPSA) is 56.5 Å². The Kier molecular flexibility index (Phi) is 4.78. The van der Waals surface area contributed by atoms with Crippen molar-refractivity contribution in [3.05, 3.63) is 29.8 Å². The first-order chi connectivity index (χ1) is 9.17. The van der Waals surface area contributed by atoms with Crippen molar-refractivity contribution >= 4 is 0 Å². The molecule has 4 nitrogen and oxygen atoms in total. The van der Waals surface area contributed by atoms with Gasteiger partial charge in [0.2, 0.25) is 0 Å². The molecule has 4 heteroatoms. The summed E-state index contributed by atoms with van der Waals surface area (Å²) in [4.78, 5) is 2.15. The number of rotatable bonds is 7. The average Bonchev–Trinajstić information content (AvgIpc) is 3.20. The molecule has 19 heavy (non-hydrogen) atoms. The number of nitriles is 1. The van der Waals surface area contributed by atoms with E-state index in [0.717, 1.165) is 12.5 Å². The molecule has 2 rings (SSSR count). The van der Waals surface area contributed by atoms with Crippen molar-refractivity contribution in [1.82, 2.24) is 4.90 Å². The quantitative estimate of drug-likeness (QED) is 0.809. The Morgan fingerprint density at radius 3 is 3.00 bits per heavy atom. The summed E-state index contributed by atoms with van der Waals surface area (Å²) in [6, 6.07) is 9.05. The van der Waals surface area contributed by atoms with Gasteiger partial charge in [-0.1, -0.05) is 6.07 Å². The third kappa shape index (κ3) is 4.90. The summed E-state index contributed by atoms with van der Waals surface area (Å²) in [6.45, 7) is 1.93. The van der Waals surface area contributed by atoms with Crippen LogP contribution in [0.4, 0.5) is 0 Å². The lowest BCUT2D eigenvalue weighted by Gasteiger charge is -2.20. The van der Waals surface area contributed by atoms with Gasteiger partial charge < -0.3 is 14.7 Å². The molecular formula is C15H20N2O2. The van der Waals surface area contributed by atoms with Gasteiger partial charge in [0.1, 0.15) is 18.5 Å². The Morgan fingerprint density at radius 2 is 2.32 bits per heavy atom. The fourth-order valence-corrected chi connectivity index (χ4v) is 2.08. The summed E-state index contributed by atoms with van der Waals surface area (Å²) in [5, 5.41) is 18.7. The first-order valence-corrected chi connectivity index (χ1v) is 6.67. The summed E-state index contributed by atoms with van der Waals surface area (Å²) in [5.74, 6) is 1.45. The Bertz CT molecular complexity index is 452. The SMILES string of the molecule is CN(CC(O)COc1cccc(C#N)c1)CC1CC1. The fraction of sp³-hybridized carbons (Fsp3) is 0.533. The molecule has 1 N–H and O–H groups in total. The van der Waals surface area contributed by atoms with Crippen molar-refractivity contribution in [2.24, 2.45) is 5.92 Å². The van der Waals surface area contributed by atoms with Gasteiger partial charge >= 0.3 is 0 Å². The number of hydrogen-bond donors (Lipinski definition) is 1. The van der Waals surface area contributed by atoms with E-state index in [-0.39, 0.29) is 6.61 Å². The maximum atomic E-state index is 9.91. The van der Waals surface area contributed by atoms with Crippen molar-refractivity contribution in [1.29, 1.82) is 5.26 Å². The molecule has 0 heterocycles. The molecule has 0 saturated heterocycles. The van der Waals surface area contributed by atoms with Gasteiger partial charge in [-0.3, -0.25) is 0 Å². The van der Waals surface area contributed by atoms with Crippen molar-refractivity contribution in [2.75, 3.05) is 26.7 Å². The normalized spacial score (nSPS) is 16.1. The van der Waals surface area contributed by atoms with Crippen molar-refractivity contribution in [2.45, 2.75) is 18.9 Å². The molecule has 0 bridgehead atoms. The molecule has 1 aromatic rings. The molecule has 0 aromatic heterocycles. The van der Waals surface area contributed by atoms with Gasteiger partial charge in [-0.25, -0.2) is 0 Å². The first-order valence-electron chi connectivity index (χ1n) is 6.67. The zero-order valence-corrected chi connectivity index (χ0v) is 11.2. The van der Waals surface area contributed by atoms with Gasteiger partial charge in [-0.05, 0) is 44.0 Å². The van der Waals surface area contributed by atoms with Crippen molar-refractivity contribution in [3.63, 3.8) is 0 Å². The standard InChI is InChI=1S/C15H20N2O2/c1-17(9-12-5-6-12)10-14(18)11-19-15-4-2-3-13(7-15)8-16/h2-4,7,12,14,18H,5-6,9-11H2,1H3. The molecule has 1 unspecified atom stereocenters. The van der Waals surface area contributed by atoms with Crippen LogP contribution in [-0.4, -0.2) is 42.9 Å². The second kappa shape index (κ2) is 6.55. The Labute approximate surface area is 114 Å². The number of benzene rings is 1. The van der Waals surface area contributed by atoms with Crippen LogP contribution >= 0.6 is 0 Å². The van der Waals surface area contributed by atoms with Crippen molar-refractivity contribution in [3.8, 4) is 11.8 Å². The number of ether oxygens (including phenoxy) is 1. The van der Waals surface area contributed by atoms with Gasteiger partial charge in [-0.15, -0.1) is 0 Å². The maximum Gasteiger partial charge on any atom is 0.120 e. The van der Waals surface area contributed by atoms with E-state index in [2.05, 4.69) is 11.0 Å². The highest BCUT2D eigenvalue weighted by molar-refractivity contribution is 5.36. The Morgan fingerprint density at radius 1 is 1.53 bits per heavy atom. The monoisotopic (exact) mass is 260 g/mol. The molecule has 0 spiro atoms. The summed E-state index contributed by atoms with van der Waals surface area (Å²) in [5.41, 5.74) is 0.567. The summed E-state index contributed by atoms with van der Waals surface area (Å²) in [6.07, 6.45) is 2.13. The van der Waals surface area contributed by atoms with Crippen LogP contribution in [-0.2, 0) is 0 Å². The molecule has 0 radical (unpaired) electrons. The molecule has 1 fully saturated rings. The highest BCUT2D eigenvalue weighted by Crippen LogP contribution is 2.29. The molecular weight excluding hydrogens is 240 g/mol. The Hall–Kier alpha value is -1.57. The second-order valence-corrected chi connectivity index (χ2v) is 5.27. The van der Waals surface area contributed by atoms with Crippen LogP contribution in [0.15, 0.2) is 24.3 Å². The number of nitrogens with zero attached hydrogens (tertiary/aromatic N) is 2. The van der Waals surface area contributed by atoms with Crippen LogP contribution in [0.25, 0.3) is 0 Å². The molecule has 1 aliphatic carbocycles. The van der Waals surface area contributed by atoms with E-state index >= 15 is 0 Å². The average molecular weight is 260 g/mol. The van der Waals surface area contributed by atoms with Crippen molar-refractivity contribution < 1.29 is 9.84 Å². The van der Waals surface area contributed by atoms with E-state index in [0.29, 0.717) is 17.9 Å². The zero-order valence-electron chi connectivity index (χ0n) is 11.2. The molecule has 1 atom stereocenters. The van der Waals surface area contributed by atoms with Gasteiger partial charge in [0, 0.05) is 13.1 Å². The third-order valence-electron chi connectivity index (χ3n) is 3.19. The first kappa shape index (κ1) is 13.9. The minimum atomic E-state index is -0.505. The lowest BCUT2D eigenvalue weighted by molar-refractivity contribution is 0.0751. The van der Waals surface area contributed by atoms with Gasteiger partial charge in [0.25, 0.3) is 0 Å². The highest BCUT2D eigenvalue weighted by atomic mass is 16.5. The predicted molar refractivity (Wildman–Crippen MR) is 72.9 cm³/mol. The van der Waals surface area contributed by atoms with Crippen LogP contribution in [0, 0.1) is 17.2 Å². The second-order valence-electron chi connectivity index (χ2n) is 5.27. The smallest absolute Gasteiger partial charge is 0.120 e. The minimum Gasteiger partial charge on any atom is -0.491 e. The van der Waals surface area contributed by atoms with Gasteiger partial charge in [0.15, 0.2) is 0 Å². The molecule has 102 valence electrons. The predicted octanol–water partition coefficient (Wildman–Crippen LogP) is 1.64. The zero-order chi connectivity index (χ0) is 13.7. The molecule has 0 amide bonds.